The third kappa shape index (κ3) is 126. The minimum atomic E-state index is 0. The molecule has 41 valence electrons. The molecule has 0 aliphatic heterocycles. The Balaban J connectivity index is 0. The summed E-state index contributed by atoms with van der Waals surface area (Å²) in [7, 11) is 0. The predicted molar refractivity (Wildman–Crippen MR) is 15.9 cm³/mol. The summed E-state index contributed by atoms with van der Waals surface area (Å²) in [4.78, 5) is 0. The van der Waals surface area contributed by atoms with Gasteiger partial charge in [-0.05, 0) is 0 Å². The van der Waals surface area contributed by atoms with Crippen LogP contribution in [0.25, 0.3) is 0 Å². The molecule has 9 N–H and O–H groups in total. The quantitative estimate of drug-likeness (QED) is 0.406. The monoisotopic (exact) mass is 174 g/mol. The van der Waals surface area contributed by atoms with Crippen molar-refractivity contribution in [3.05, 3.63) is 0 Å². The van der Waals surface area contributed by atoms with Crippen molar-refractivity contribution < 1.29 is 35.9 Å². The summed E-state index contributed by atoms with van der Waals surface area (Å²) in [5.74, 6) is 0. The molecule has 0 heterocycles. The van der Waals surface area contributed by atoms with Gasteiger partial charge < -0.3 is 22.6 Å². The fourth-order valence-electron chi connectivity index (χ4n) is 0. The summed E-state index contributed by atoms with van der Waals surface area (Å²) in [6, 6.07) is 0. The molecule has 1 radical (unpaired) electrons. The van der Waals surface area contributed by atoms with E-state index in [0.717, 1.165) is 0 Å². The number of hydrogen-bond donors (Lipinski definition) is 1. The molecule has 0 aromatic rings. The summed E-state index contributed by atoms with van der Waals surface area (Å²) >= 11 is 0. The van der Waals surface area contributed by atoms with Crippen molar-refractivity contribution in [3.63, 3.8) is 0 Å². The molecule has 5 heavy (non-hydrogen) atoms. The zero-order chi connectivity index (χ0) is 0. The van der Waals surface area contributed by atoms with Gasteiger partial charge in [0.2, 0.25) is 0 Å². The Morgan fingerprint density at radius 2 is 0.600 bits per heavy atom. The van der Waals surface area contributed by atoms with Gasteiger partial charge in [-0.2, -0.15) is 0 Å². The topological polar surface area (TPSA) is 130 Å². The Morgan fingerprint density at radius 3 is 0.600 bits per heavy atom. The van der Waals surface area contributed by atoms with Crippen molar-refractivity contribution in [3.8, 4) is 0 Å². The fourth-order valence-corrected chi connectivity index (χ4v) is 0. The first-order valence-corrected chi connectivity index (χ1v) is 0. The summed E-state index contributed by atoms with van der Waals surface area (Å²) < 4.78 is 0. The fraction of sp³-hybridized carbons (Fsp3) is 0. The molecular formula is H9NO3Rh. The predicted octanol–water partition coefficient (Wildman–Crippen LogP) is -2.31. The van der Waals surface area contributed by atoms with Crippen LogP contribution in [-0.2, 0) is 19.5 Å². The Hall–Kier alpha value is 0.463. The van der Waals surface area contributed by atoms with E-state index in [1.807, 2.05) is 0 Å². The van der Waals surface area contributed by atoms with E-state index in [1.54, 1.807) is 0 Å². The second kappa shape index (κ2) is 249. The van der Waals surface area contributed by atoms with Gasteiger partial charge in [0.25, 0.3) is 0 Å². The van der Waals surface area contributed by atoms with Crippen molar-refractivity contribution in [2.45, 2.75) is 0 Å². The van der Waals surface area contributed by atoms with Gasteiger partial charge in [0.1, 0.15) is 0 Å². The minimum Gasteiger partial charge on any atom is -0.412 e. The first-order chi connectivity index (χ1) is 0. The van der Waals surface area contributed by atoms with Crippen LogP contribution in [0.5, 0.6) is 0 Å². The standard InChI is InChI=1S/H3N.3H2O.Rh/h1H3;3*1H2;. The average molecular weight is 174 g/mol. The molecule has 0 aliphatic carbocycles. The largest absolute Gasteiger partial charge is 0.412 e. The SMILES string of the molecule is N.O.O.O.[Rh]. The summed E-state index contributed by atoms with van der Waals surface area (Å²) in [6.07, 6.45) is 0. The Bertz CT molecular complexity index is 6.85. The van der Waals surface area contributed by atoms with Crippen LogP contribution >= 0.6 is 0 Å². The van der Waals surface area contributed by atoms with Gasteiger partial charge in [0, 0.05) is 19.5 Å². The molecule has 0 bridgehead atoms. The summed E-state index contributed by atoms with van der Waals surface area (Å²) in [5.41, 5.74) is 0. The zero-order valence-electron chi connectivity index (χ0n) is 2.54. The van der Waals surface area contributed by atoms with E-state index in [0.29, 0.717) is 0 Å². The molecule has 0 saturated carbocycles. The van der Waals surface area contributed by atoms with Gasteiger partial charge in [-0.3, -0.25) is 0 Å². The van der Waals surface area contributed by atoms with Gasteiger partial charge in [0.15, 0.2) is 0 Å². The summed E-state index contributed by atoms with van der Waals surface area (Å²) in [6.45, 7) is 0. The molecule has 0 amide bonds. The van der Waals surface area contributed by atoms with Crippen LogP contribution in [0, 0.1) is 0 Å². The van der Waals surface area contributed by atoms with E-state index in [1.165, 1.54) is 0 Å². The maximum Gasteiger partial charge on any atom is 0 e. The van der Waals surface area contributed by atoms with E-state index >= 15 is 0 Å². The Labute approximate surface area is 42.8 Å². The molecule has 0 aromatic carbocycles. The van der Waals surface area contributed by atoms with Gasteiger partial charge in [-0.1, -0.05) is 0 Å². The van der Waals surface area contributed by atoms with Crippen LogP contribution < -0.4 is 6.15 Å². The zero-order valence-corrected chi connectivity index (χ0v) is 4.18. The van der Waals surface area contributed by atoms with Gasteiger partial charge in [0.05, 0.1) is 0 Å². The van der Waals surface area contributed by atoms with Gasteiger partial charge >= 0.3 is 0 Å². The van der Waals surface area contributed by atoms with E-state index < -0.39 is 0 Å². The first-order valence-electron chi connectivity index (χ1n) is 0. The molecule has 0 aliphatic rings. The van der Waals surface area contributed by atoms with Crippen molar-refractivity contribution in [2.24, 2.45) is 0 Å². The first kappa shape index (κ1) is 507. The maximum absolute atomic E-state index is 0. The Kier molecular flexibility index (Phi) is 25300. The molecule has 0 fully saturated rings. The van der Waals surface area contributed by atoms with Crippen molar-refractivity contribution >= 4 is 0 Å². The van der Waals surface area contributed by atoms with Gasteiger partial charge in [-0.25, -0.2) is 0 Å². The Morgan fingerprint density at radius 1 is 0.600 bits per heavy atom. The normalized spacial score (nSPS) is 0. The van der Waals surface area contributed by atoms with Crippen LogP contribution in [0.15, 0.2) is 0 Å². The minimum absolute atomic E-state index is 0. The van der Waals surface area contributed by atoms with Crippen LogP contribution in [0.2, 0.25) is 0 Å². The molecule has 0 saturated heterocycles. The third-order valence-corrected chi connectivity index (χ3v) is 0. The molecule has 0 rings (SSSR count). The molecule has 5 heteroatoms. The van der Waals surface area contributed by atoms with E-state index in [-0.39, 0.29) is 42.1 Å². The smallest absolute Gasteiger partial charge is 0 e. The molecule has 0 aromatic heterocycles. The van der Waals surface area contributed by atoms with Crippen molar-refractivity contribution in [2.75, 3.05) is 0 Å². The van der Waals surface area contributed by atoms with Crippen molar-refractivity contribution in [1.82, 2.24) is 6.15 Å². The van der Waals surface area contributed by atoms with Crippen LogP contribution in [0.4, 0.5) is 0 Å². The third-order valence-electron chi connectivity index (χ3n) is 0. The molecule has 0 atom stereocenters. The van der Waals surface area contributed by atoms with Crippen LogP contribution in [0.1, 0.15) is 0 Å². The second-order valence-corrected chi connectivity index (χ2v) is 0. The van der Waals surface area contributed by atoms with Crippen molar-refractivity contribution in [1.29, 1.82) is 0 Å². The van der Waals surface area contributed by atoms with E-state index in [9.17, 15) is 0 Å². The number of hydrogen-bond acceptors (Lipinski definition) is 1. The van der Waals surface area contributed by atoms with Gasteiger partial charge in [-0.15, -0.1) is 0 Å². The van der Waals surface area contributed by atoms with Crippen LogP contribution in [-0.4, -0.2) is 16.4 Å². The summed E-state index contributed by atoms with van der Waals surface area (Å²) in [5, 5.41) is 0. The molecule has 4 nitrogen and oxygen atoms in total. The molecular weight excluding hydrogens is 165 g/mol. The van der Waals surface area contributed by atoms with Crippen LogP contribution in [0.3, 0.4) is 0 Å². The molecule has 0 unspecified atom stereocenters. The second-order valence-electron chi connectivity index (χ2n) is 0. The van der Waals surface area contributed by atoms with E-state index in [4.69, 9.17) is 0 Å². The number of rotatable bonds is 0. The average Bonchev–Trinajstić information content (AvgIpc) is 0. The van der Waals surface area contributed by atoms with E-state index in [2.05, 4.69) is 0 Å². The molecule has 0 spiro atoms. The maximum atomic E-state index is 0.